The standard InChI is InChI=1S/C6H4N6O4/c13-11(14)5-1-3(7-9-5)4-2-6(10-8-4)12(15)16/h1-2H,(H,7,9)(H,8,10). The molecule has 0 unspecified atom stereocenters. The van der Waals surface area contributed by atoms with E-state index in [1.807, 2.05) is 0 Å². The fourth-order valence-electron chi connectivity index (χ4n) is 1.07. The Labute approximate surface area is 86.6 Å². The third kappa shape index (κ3) is 1.58. The summed E-state index contributed by atoms with van der Waals surface area (Å²) >= 11 is 0. The van der Waals surface area contributed by atoms with Crippen LogP contribution in [0, 0.1) is 20.2 Å². The van der Waals surface area contributed by atoms with Gasteiger partial charge in [0.05, 0.1) is 12.1 Å². The molecule has 0 spiro atoms. The Bertz CT molecular complexity index is 507. The van der Waals surface area contributed by atoms with Crippen molar-refractivity contribution in [1.82, 2.24) is 20.4 Å². The lowest BCUT2D eigenvalue weighted by molar-refractivity contribution is -0.389. The van der Waals surface area contributed by atoms with Crippen molar-refractivity contribution in [3.05, 3.63) is 32.4 Å². The number of aromatic amines is 2. The average molecular weight is 224 g/mol. The van der Waals surface area contributed by atoms with E-state index >= 15 is 0 Å². The maximum Gasteiger partial charge on any atom is 0.343 e. The lowest BCUT2D eigenvalue weighted by atomic mass is 10.3. The van der Waals surface area contributed by atoms with Gasteiger partial charge in [-0.25, -0.2) is 0 Å². The van der Waals surface area contributed by atoms with Gasteiger partial charge in [0.15, 0.2) is 0 Å². The van der Waals surface area contributed by atoms with Crippen molar-refractivity contribution in [1.29, 1.82) is 0 Å². The first-order valence-corrected chi connectivity index (χ1v) is 3.98. The molecule has 0 fully saturated rings. The van der Waals surface area contributed by atoms with Crippen LogP contribution in [0.15, 0.2) is 12.1 Å². The molecular formula is C6H4N6O4. The summed E-state index contributed by atoms with van der Waals surface area (Å²) in [5.41, 5.74) is 0.326. The zero-order chi connectivity index (χ0) is 11.7. The van der Waals surface area contributed by atoms with E-state index < -0.39 is 9.85 Å². The minimum Gasteiger partial charge on any atom is -0.358 e. The van der Waals surface area contributed by atoms with Gasteiger partial charge in [0.25, 0.3) is 0 Å². The van der Waals surface area contributed by atoms with Crippen LogP contribution in [0.4, 0.5) is 11.6 Å². The summed E-state index contributed by atoms with van der Waals surface area (Å²) in [5, 5.41) is 32.3. The second-order valence-corrected chi connectivity index (χ2v) is 2.79. The number of hydrogen-bond donors (Lipinski definition) is 2. The quantitative estimate of drug-likeness (QED) is 0.577. The van der Waals surface area contributed by atoms with E-state index in [-0.39, 0.29) is 23.0 Å². The Morgan fingerprint density at radius 3 is 1.56 bits per heavy atom. The molecule has 2 rings (SSSR count). The Kier molecular flexibility index (Phi) is 2.08. The zero-order valence-electron chi connectivity index (χ0n) is 7.58. The molecule has 0 saturated carbocycles. The van der Waals surface area contributed by atoms with Gasteiger partial charge in [-0.3, -0.25) is 0 Å². The molecule has 0 atom stereocenters. The molecule has 0 aliphatic heterocycles. The Morgan fingerprint density at radius 1 is 0.938 bits per heavy atom. The van der Waals surface area contributed by atoms with Crippen LogP contribution in [-0.2, 0) is 0 Å². The summed E-state index contributed by atoms with van der Waals surface area (Å²) < 4.78 is 0. The molecule has 82 valence electrons. The van der Waals surface area contributed by atoms with Crippen molar-refractivity contribution in [3.63, 3.8) is 0 Å². The van der Waals surface area contributed by atoms with E-state index in [0.717, 1.165) is 12.1 Å². The highest BCUT2D eigenvalue weighted by atomic mass is 16.6. The van der Waals surface area contributed by atoms with Crippen molar-refractivity contribution in [2.45, 2.75) is 0 Å². The first-order valence-electron chi connectivity index (χ1n) is 3.98. The van der Waals surface area contributed by atoms with Crippen molar-refractivity contribution in [3.8, 4) is 11.4 Å². The number of nitrogens with zero attached hydrogens (tertiary/aromatic N) is 4. The second-order valence-electron chi connectivity index (χ2n) is 2.79. The average Bonchev–Trinajstić information content (AvgIpc) is 2.86. The van der Waals surface area contributed by atoms with Gasteiger partial charge >= 0.3 is 11.6 Å². The third-order valence-electron chi connectivity index (χ3n) is 1.78. The summed E-state index contributed by atoms with van der Waals surface area (Å²) in [7, 11) is 0. The largest absolute Gasteiger partial charge is 0.358 e. The SMILES string of the molecule is O=[N+]([O-])c1cc(-c2cc([N+](=O)[O-])[nH]n2)n[nH]1. The molecule has 2 aromatic rings. The molecule has 2 N–H and O–H groups in total. The fraction of sp³-hybridized carbons (Fsp3) is 0. The molecule has 0 bridgehead atoms. The van der Waals surface area contributed by atoms with Crippen LogP contribution in [0.2, 0.25) is 0 Å². The van der Waals surface area contributed by atoms with Gasteiger partial charge in [-0.2, -0.15) is 0 Å². The molecule has 10 nitrogen and oxygen atoms in total. The molecule has 0 amide bonds. The van der Waals surface area contributed by atoms with E-state index in [0.29, 0.717) is 0 Å². The highest BCUT2D eigenvalue weighted by Crippen LogP contribution is 2.21. The molecule has 2 heterocycles. The van der Waals surface area contributed by atoms with E-state index in [1.54, 1.807) is 0 Å². The second kappa shape index (κ2) is 3.42. The topological polar surface area (TPSA) is 144 Å². The van der Waals surface area contributed by atoms with Gasteiger partial charge in [-0.05, 0) is 9.85 Å². The number of rotatable bonds is 3. The smallest absolute Gasteiger partial charge is 0.343 e. The van der Waals surface area contributed by atoms with Gasteiger partial charge in [0.1, 0.15) is 11.4 Å². The Balaban J connectivity index is 2.35. The van der Waals surface area contributed by atoms with Crippen LogP contribution in [0.25, 0.3) is 11.4 Å². The lowest BCUT2D eigenvalue weighted by Crippen LogP contribution is -1.86. The maximum absolute atomic E-state index is 10.4. The van der Waals surface area contributed by atoms with Crippen LogP contribution < -0.4 is 0 Å². The molecular weight excluding hydrogens is 220 g/mol. The molecule has 0 aliphatic rings. The van der Waals surface area contributed by atoms with E-state index in [9.17, 15) is 20.2 Å². The molecule has 16 heavy (non-hydrogen) atoms. The van der Waals surface area contributed by atoms with E-state index in [1.165, 1.54) is 0 Å². The van der Waals surface area contributed by atoms with Gasteiger partial charge in [-0.1, -0.05) is 10.2 Å². The maximum atomic E-state index is 10.4. The fourth-order valence-corrected chi connectivity index (χ4v) is 1.07. The van der Waals surface area contributed by atoms with Crippen molar-refractivity contribution in [2.24, 2.45) is 0 Å². The minimum atomic E-state index is -0.655. The minimum absolute atomic E-state index is 0.163. The normalized spacial score (nSPS) is 10.2. The predicted molar refractivity (Wildman–Crippen MR) is 49.5 cm³/mol. The highest BCUT2D eigenvalue weighted by Gasteiger charge is 2.17. The van der Waals surface area contributed by atoms with Crippen LogP contribution in [0.5, 0.6) is 0 Å². The first kappa shape index (κ1) is 9.76. The van der Waals surface area contributed by atoms with Gasteiger partial charge in [0.2, 0.25) is 0 Å². The van der Waals surface area contributed by atoms with Crippen LogP contribution in [-0.4, -0.2) is 30.2 Å². The number of nitrogens with one attached hydrogen (secondary N) is 2. The van der Waals surface area contributed by atoms with Crippen molar-refractivity contribution < 1.29 is 9.85 Å². The third-order valence-corrected chi connectivity index (χ3v) is 1.78. The molecule has 0 saturated heterocycles. The van der Waals surface area contributed by atoms with Gasteiger partial charge in [0, 0.05) is 0 Å². The van der Waals surface area contributed by atoms with Crippen LogP contribution in [0.1, 0.15) is 0 Å². The van der Waals surface area contributed by atoms with Crippen molar-refractivity contribution in [2.75, 3.05) is 0 Å². The van der Waals surface area contributed by atoms with Crippen LogP contribution in [0.3, 0.4) is 0 Å². The van der Waals surface area contributed by atoms with Crippen molar-refractivity contribution >= 4 is 11.6 Å². The summed E-state index contributed by atoms with van der Waals surface area (Å²) in [5.74, 6) is -0.610. The summed E-state index contributed by atoms with van der Waals surface area (Å²) in [4.78, 5) is 19.4. The molecule has 0 aliphatic carbocycles. The molecule has 0 aromatic carbocycles. The number of hydrogen-bond acceptors (Lipinski definition) is 6. The summed E-state index contributed by atoms with van der Waals surface area (Å²) in [6, 6.07) is 2.28. The number of aromatic nitrogens is 4. The number of H-pyrrole nitrogens is 2. The van der Waals surface area contributed by atoms with E-state index in [4.69, 9.17) is 0 Å². The Hall–Kier alpha value is -2.78. The van der Waals surface area contributed by atoms with Gasteiger partial charge < -0.3 is 20.2 Å². The molecule has 2 aromatic heterocycles. The lowest BCUT2D eigenvalue weighted by Gasteiger charge is -1.84. The monoisotopic (exact) mass is 224 g/mol. The first-order chi connectivity index (χ1) is 7.58. The predicted octanol–water partition coefficient (Wildman–Crippen LogP) is 0.616. The molecule has 0 radical (unpaired) electrons. The Morgan fingerprint density at radius 2 is 1.31 bits per heavy atom. The highest BCUT2D eigenvalue weighted by molar-refractivity contribution is 5.58. The molecule has 10 heteroatoms. The summed E-state index contributed by atoms with van der Waals surface area (Å²) in [6.07, 6.45) is 0. The van der Waals surface area contributed by atoms with E-state index in [2.05, 4.69) is 20.4 Å². The summed E-state index contributed by atoms with van der Waals surface area (Å²) in [6.45, 7) is 0. The van der Waals surface area contributed by atoms with Crippen LogP contribution >= 0.6 is 0 Å². The zero-order valence-corrected chi connectivity index (χ0v) is 7.58. The van der Waals surface area contributed by atoms with Gasteiger partial charge in [-0.15, -0.1) is 10.2 Å². The number of nitro groups is 2.